The fourth-order valence-electron chi connectivity index (χ4n) is 6.82. The monoisotopic (exact) mass is 640 g/mol. The molecule has 4 bridgehead atoms. The molecule has 11 heteroatoms. The summed E-state index contributed by atoms with van der Waals surface area (Å²) in [4.78, 5) is 23.7. The van der Waals surface area contributed by atoms with E-state index in [4.69, 9.17) is 0 Å². The summed E-state index contributed by atoms with van der Waals surface area (Å²) in [6, 6.07) is 0. The predicted octanol–water partition coefficient (Wildman–Crippen LogP) is 3.15. The van der Waals surface area contributed by atoms with E-state index in [9.17, 15) is 35.5 Å². The third-order valence-electron chi connectivity index (χ3n) is 9.12. The molecule has 35 heavy (non-hydrogen) atoms. The Hall–Kier alpha value is -0.0413. The van der Waals surface area contributed by atoms with Crippen molar-refractivity contribution in [2.24, 2.45) is 33.5 Å². The van der Waals surface area contributed by atoms with Crippen LogP contribution in [0.4, 0.5) is 0 Å². The van der Waals surface area contributed by atoms with E-state index in [0.29, 0.717) is 25.7 Å². The van der Waals surface area contributed by atoms with E-state index in [2.05, 4.69) is 13.8 Å². The second-order valence-electron chi connectivity index (χ2n) is 10.7. The first-order valence-electron chi connectivity index (χ1n) is 11.7. The maximum Gasteiger partial charge on any atom is 2.00 e. The van der Waals surface area contributed by atoms with Gasteiger partial charge in [-0.25, -0.2) is 16.8 Å². The summed E-state index contributed by atoms with van der Waals surface area (Å²) in [7, 11) is -8.65. The van der Waals surface area contributed by atoms with Crippen LogP contribution in [0.3, 0.4) is 0 Å². The van der Waals surface area contributed by atoms with Crippen LogP contribution in [-0.4, -0.2) is 72.9 Å². The van der Waals surface area contributed by atoms with Crippen molar-refractivity contribution in [3.63, 3.8) is 0 Å². The molecule has 200 valence electrons. The van der Waals surface area contributed by atoms with Gasteiger partial charge in [-0.15, -0.1) is 0 Å². The van der Waals surface area contributed by atoms with Crippen molar-refractivity contribution in [1.29, 1.82) is 0 Å². The first-order valence-corrected chi connectivity index (χ1v) is 14.9. The summed E-state index contributed by atoms with van der Waals surface area (Å²) < 4.78 is 65.4. The molecule has 0 unspecified atom stereocenters. The van der Waals surface area contributed by atoms with Crippen LogP contribution in [0, 0.1) is 47.3 Å². The molecule has 0 aliphatic heterocycles. The number of ketones is 2. The van der Waals surface area contributed by atoms with Crippen LogP contribution in [0.5, 0.6) is 0 Å². The Morgan fingerprint density at radius 1 is 0.714 bits per heavy atom. The van der Waals surface area contributed by atoms with E-state index in [1.807, 2.05) is 27.7 Å². The number of rotatable bonds is 4. The molecule has 4 radical (unpaired) electrons. The Morgan fingerprint density at radius 3 is 1.11 bits per heavy atom. The van der Waals surface area contributed by atoms with Gasteiger partial charge in [0, 0.05) is 23.7 Å². The molecule has 4 aliphatic rings. The third-order valence-corrected chi connectivity index (χ3v) is 10.8. The average molecular weight is 639 g/mol. The van der Waals surface area contributed by atoms with Crippen molar-refractivity contribution in [1.82, 2.24) is 0 Å². The molecule has 4 fully saturated rings. The minimum Gasteiger partial charge on any atom is -0.748 e. The molecule has 0 aromatic heterocycles. The quantitative estimate of drug-likeness (QED) is 0.337. The number of carbonyl (C=O) groups excluding carboxylic acids is 2. The van der Waals surface area contributed by atoms with Gasteiger partial charge in [0.25, 0.3) is 0 Å². The van der Waals surface area contributed by atoms with E-state index in [1.165, 1.54) is 0 Å². The molecule has 0 spiro atoms. The molecule has 4 rings (SSSR count). The molecule has 0 amide bonds. The number of Topliss-reactive ketones (excluding diaryl/α,β-unsaturated/α-hetero) is 2. The third kappa shape index (κ3) is 6.34. The minimum absolute atomic E-state index is 0. The van der Waals surface area contributed by atoms with Gasteiger partial charge >= 0.3 is 23.9 Å². The Morgan fingerprint density at radius 2 is 0.971 bits per heavy atom. The molecule has 0 aromatic rings. The van der Waals surface area contributed by atoms with Gasteiger partial charge in [-0.1, -0.05) is 55.4 Å². The molecular weight excluding hydrogens is 599 g/mol. The fourth-order valence-corrected chi connectivity index (χ4v) is 9.38. The molecule has 0 N–H and O–H groups in total. The van der Waals surface area contributed by atoms with Crippen molar-refractivity contribution in [2.75, 3.05) is 11.5 Å². The van der Waals surface area contributed by atoms with Gasteiger partial charge in [0.15, 0.2) is 0 Å². The number of hydrogen-bond acceptors (Lipinski definition) is 8. The van der Waals surface area contributed by atoms with E-state index < -0.39 is 42.6 Å². The SMILES string of the molecule is CC1(C)[C@@H]2CC[C@@]1(CS(=O)(=O)[O-])C(=O)C2.CC1(C)[C@@H]2CC[C@@]1(CS(=O)(=O)[O-])C(=O)C2.[CH2]C.[CH2]C.[Sn+2]. The Balaban J connectivity index is 0.000000565. The largest absolute Gasteiger partial charge is 2.00 e. The molecule has 8 nitrogen and oxygen atoms in total. The van der Waals surface area contributed by atoms with Gasteiger partial charge in [-0.2, -0.15) is 0 Å². The maximum absolute atomic E-state index is 11.8. The fraction of sp³-hybridized carbons (Fsp3) is 0.833. The predicted molar refractivity (Wildman–Crippen MR) is 134 cm³/mol. The Bertz CT molecular complexity index is 907. The molecule has 4 atom stereocenters. The van der Waals surface area contributed by atoms with Gasteiger partial charge in [0.05, 0.1) is 31.7 Å². The van der Waals surface area contributed by atoms with Gasteiger partial charge in [-0.05, 0) is 48.3 Å². The van der Waals surface area contributed by atoms with E-state index in [-0.39, 0.29) is 58.1 Å². The number of fused-ring (bicyclic) bond motifs is 4. The second kappa shape index (κ2) is 11.8. The smallest absolute Gasteiger partial charge is 0.748 e. The van der Waals surface area contributed by atoms with Gasteiger partial charge in [0.2, 0.25) is 0 Å². The number of carbonyl (C=O) groups is 2. The van der Waals surface area contributed by atoms with Crippen LogP contribution in [-0.2, 0) is 29.8 Å². The topological polar surface area (TPSA) is 149 Å². The standard InChI is InChI=1S/2C10H16O4S.2C2H5.Sn/c2*1-9(2)7-3-4-10(9,8(11)5-7)6-15(12,13)14;2*1-2;/h2*7H,3-6H2,1-2H3,(H,12,13,14);2*1H2,2H3;/q;;;;+2/p-2/t2*7-,10-;;;/m11.../s1. The van der Waals surface area contributed by atoms with Crippen LogP contribution < -0.4 is 0 Å². The summed E-state index contributed by atoms with van der Waals surface area (Å²) in [6.07, 6.45) is 3.75. The van der Waals surface area contributed by atoms with Crippen LogP contribution in [0.1, 0.15) is 80.1 Å². The van der Waals surface area contributed by atoms with E-state index >= 15 is 0 Å². The van der Waals surface area contributed by atoms with E-state index in [1.54, 1.807) is 13.8 Å². The van der Waals surface area contributed by atoms with Crippen LogP contribution >= 0.6 is 0 Å². The molecule has 4 saturated carbocycles. The summed E-state index contributed by atoms with van der Waals surface area (Å²) in [5.41, 5.74) is -2.44. The molecule has 4 aliphatic carbocycles. The second-order valence-corrected chi connectivity index (χ2v) is 13.5. The first kappa shape index (κ1) is 35.0. The summed E-state index contributed by atoms with van der Waals surface area (Å²) in [6.45, 7) is 17.7. The summed E-state index contributed by atoms with van der Waals surface area (Å²) in [5, 5.41) is 0. The zero-order valence-corrected chi connectivity index (χ0v) is 26.3. The normalized spacial score (nSPS) is 33.4. The van der Waals surface area contributed by atoms with Crippen molar-refractivity contribution in [2.45, 2.75) is 80.1 Å². The zero-order valence-electron chi connectivity index (χ0n) is 21.8. The molecule has 0 heterocycles. The summed E-state index contributed by atoms with van der Waals surface area (Å²) in [5.74, 6) is -0.560. The van der Waals surface area contributed by atoms with Crippen molar-refractivity contribution in [3.8, 4) is 0 Å². The average Bonchev–Trinajstić information content (AvgIpc) is 3.22. The van der Waals surface area contributed by atoms with Crippen LogP contribution in [0.15, 0.2) is 0 Å². The first-order chi connectivity index (χ1) is 15.4. The minimum atomic E-state index is -4.33. The van der Waals surface area contributed by atoms with Gasteiger partial charge < -0.3 is 9.11 Å². The Labute approximate surface area is 229 Å². The molecular formula is C24H40O8S2Sn. The van der Waals surface area contributed by atoms with Crippen molar-refractivity contribution >= 4 is 55.7 Å². The van der Waals surface area contributed by atoms with Gasteiger partial charge in [0.1, 0.15) is 11.6 Å². The van der Waals surface area contributed by atoms with Crippen molar-refractivity contribution in [3.05, 3.63) is 13.8 Å². The molecule has 0 saturated heterocycles. The molecule has 0 aromatic carbocycles. The van der Waals surface area contributed by atoms with Crippen LogP contribution in [0.2, 0.25) is 0 Å². The van der Waals surface area contributed by atoms with E-state index in [0.717, 1.165) is 12.8 Å². The Kier molecular flexibility index (Phi) is 11.8. The van der Waals surface area contributed by atoms with Crippen LogP contribution in [0.25, 0.3) is 0 Å². The number of hydrogen-bond donors (Lipinski definition) is 0. The summed E-state index contributed by atoms with van der Waals surface area (Å²) >= 11 is 0. The van der Waals surface area contributed by atoms with Gasteiger partial charge in [-0.3, -0.25) is 9.59 Å². The maximum atomic E-state index is 11.8. The van der Waals surface area contributed by atoms with Crippen molar-refractivity contribution < 1.29 is 35.5 Å². The zero-order chi connectivity index (χ0) is 27.0.